The Morgan fingerprint density at radius 2 is 2.11 bits per heavy atom. The maximum absolute atomic E-state index is 5.99. The van der Waals surface area contributed by atoms with Crippen molar-refractivity contribution in [2.24, 2.45) is 0 Å². The maximum atomic E-state index is 5.99. The Morgan fingerprint density at radius 1 is 1.33 bits per heavy atom. The van der Waals surface area contributed by atoms with Crippen LogP contribution in [0.2, 0.25) is 5.02 Å². The average Bonchev–Trinajstić information content (AvgIpc) is 2.40. The monoisotopic (exact) mass is 348 g/mol. The SMILES string of the molecule is Clc1ccc(Br)c(CNCCN2CCSCC2)c1. The van der Waals surface area contributed by atoms with Crippen LogP contribution in [0.4, 0.5) is 0 Å². The highest BCUT2D eigenvalue weighted by Crippen LogP contribution is 2.20. The summed E-state index contributed by atoms with van der Waals surface area (Å²) in [5.74, 6) is 2.56. The van der Waals surface area contributed by atoms with Crippen molar-refractivity contribution >= 4 is 39.3 Å². The molecular formula is C13H18BrClN2S. The van der Waals surface area contributed by atoms with Gasteiger partial charge in [0.25, 0.3) is 0 Å². The molecule has 2 nitrogen and oxygen atoms in total. The fraction of sp³-hybridized carbons (Fsp3) is 0.538. The van der Waals surface area contributed by atoms with Gasteiger partial charge in [-0.25, -0.2) is 0 Å². The quantitative estimate of drug-likeness (QED) is 0.822. The lowest BCUT2D eigenvalue weighted by molar-refractivity contribution is 0.301. The van der Waals surface area contributed by atoms with Crippen LogP contribution in [0.3, 0.4) is 0 Å². The predicted octanol–water partition coefficient (Wildman–Crippen LogP) is 3.24. The van der Waals surface area contributed by atoms with Crippen LogP contribution in [-0.2, 0) is 6.54 Å². The van der Waals surface area contributed by atoms with E-state index in [0.29, 0.717) is 0 Å². The van der Waals surface area contributed by atoms with E-state index in [-0.39, 0.29) is 0 Å². The number of nitrogens with zero attached hydrogens (tertiary/aromatic N) is 1. The first-order chi connectivity index (χ1) is 8.75. The minimum atomic E-state index is 0.794. The molecule has 0 radical (unpaired) electrons. The van der Waals surface area contributed by atoms with E-state index >= 15 is 0 Å². The molecule has 1 N–H and O–H groups in total. The molecule has 2 rings (SSSR count). The maximum Gasteiger partial charge on any atom is 0.0410 e. The van der Waals surface area contributed by atoms with Crippen molar-refractivity contribution in [3.63, 3.8) is 0 Å². The molecule has 1 aliphatic rings. The van der Waals surface area contributed by atoms with E-state index in [4.69, 9.17) is 11.6 Å². The Kier molecular flexibility index (Phi) is 6.32. The van der Waals surface area contributed by atoms with Crippen molar-refractivity contribution in [2.75, 3.05) is 37.7 Å². The first-order valence-corrected chi connectivity index (χ1v) is 8.53. The summed E-state index contributed by atoms with van der Waals surface area (Å²) in [5, 5.41) is 4.27. The lowest BCUT2D eigenvalue weighted by Gasteiger charge is -2.26. The Labute approximate surface area is 127 Å². The number of hydrogen-bond donors (Lipinski definition) is 1. The molecule has 1 aliphatic heterocycles. The molecule has 0 bridgehead atoms. The van der Waals surface area contributed by atoms with Crippen LogP contribution in [0, 0.1) is 0 Å². The topological polar surface area (TPSA) is 15.3 Å². The summed E-state index contributed by atoms with van der Waals surface area (Å²) in [5.41, 5.74) is 1.22. The number of benzene rings is 1. The zero-order valence-electron chi connectivity index (χ0n) is 10.3. The summed E-state index contributed by atoms with van der Waals surface area (Å²) in [7, 11) is 0. The molecule has 0 saturated carbocycles. The Hall–Kier alpha value is 0.260. The fourth-order valence-electron chi connectivity index (χ4n) is 1.96. The standard InChI is InChI=1S/C13H18BrClN2S/c14-13-2-1-12(15)9-11(13)10-16-3-4-17-5-7-18-8-6-17/h1-2,9,16H,3-8,10H2. The highest BCUT2D eigenvalue weighted by molar-refractivity contribution is 9.10. The fourth-order valence-corrected chi connectivity index (χ4v) is 3.52. The Balaban J connectivity index is 1.69. The van der Waals surface area contributed by atoms with E-state index in [1.54, 1.807) is 0 Å². The third-order valence-corrected chi connectivity index (χ3v) is 4.98. The second-order valence-corrected chi connectivity index (χ2v) is 6.88. The van der Waals surface area contributed by atoms with Crippen LogP contribution in [-0.4, -0.2) is 42.6 Å². The molecule has 0 spiro atoms. The van der Waals surface area contributed by atoms with Crippen LogP contribution in [0.1, 0.15) is 5.56 Å². The van der Waals surface area contributed by atoms with E-state index < -0.39 is 0 Å². The molecule has 0 amide bonds. The van der Waals surface area contributed by atoms with Crippen LogP contribution >= 0.6 is 39.3 Å². The van der Waals surface area contributed by atoms with Crippen LogP contribution in [0.15, 0.2) is 22.7 Å². The lowest BCUT2D eigenvalue weighted by atomic mass is 10.2. The van der Waals surface area contributed by atoms with E-state index in [9.17, 15) is 0 Å². The minimum absolute atomic E-state index is 0.794. The zero-order valence-corrected chi connectivity index (χ0v) is 13.5. The third-order valence-electron chi connectivity index (χ3n) is 3.03. The highest BCUT2D eigenvalue weighted by Gasteiger charge is 2.09. The van der Waals surface area contributed by atoms with Crippen LogP contribution < -0.4 is 5.32 Å². The van der Waals surface area contributed by atoms with Crippen molar-refractivity contribution in [2.45, 2.75) is 6.54 Å². The van der Waals surface area contributed by atoms with Crippen molar-refractivity contribution in [3.8, 4) is 0 Å². The van der Waals surface area contributed by atoms with Gasteiger partial charge >= 0.3 is 0 Å². The molecule has 5 heteroatoms. The van der Waals surface area contributed by atoms with Gasteiger partial charge in [0.05, 0.1) is 0 Å². The van der Waals surface area contributed by atoms with E-state index in [1.165, 1.54) is 30.2 Å². The van der Waals surface area contributed by atoms with Crippen molar-refractivity contribution < 1.29 is 0 Å². The minimum Gasteiger partial charge on any atom is -0.311 e. The van der Waals surface area contributed by atoms with Gasteiger partial charge in [-0.05, 0) is 23.8 Å². The molecule has 0 aliphatic carbocycles. The van der Waals surface area contributed by atoms with Crippen molar-refractivity contribution in [3.05, 3.63) is 33.3 Å². The van der Waals surface area contributed by atoms with Gasteiger partial charge in [-0.2, -0.15) is 11.8 Å². The number of thioether (sulfide) groups is 1. The van der Waals surface area contributed by atoms with Gasteiger partial charge in [-0.1, -0.05) is 27.5 Å². The van der Waals surface area contributed by atoms with Crippen molar-refractivity contribution in [1.82, 2.24) is 10.2 Å². The summed E-state index contributed by atoms with van der Waals surface area (Å²) in [6.07, 6.45) is 0. The molecule has 0 unspecified atom stereocenters. The molecule has 1 fully saturated rings. The number of halogens is 2. The van der Waals surface area contributed by atoms with Crippen LogP contribution in [0.25, 0.3) is 0 Å². The summed E-state index contributed by atoms with van der Waals surface area (Å²) >= 11 is 11.6. The van der Waals surface area contributed by atoms with Crippen LogP contribution in [0.5, 0.6) is 0 Å². The molecule has 1 aromatic rings. The molecule has 18 heavy (non-hydrogen) atoms. The number of hydrogen-bond acceptors (Lipinski definition) is 3. The van der Waals surface area contributed by atoms with Gasteiger partial charge in [0.1, 0.15) is 0 Å². The third kappa shape index (κ3) is 4.74. The second-order valence-electron chi connectivity index (χ2n) is 4.37. The largest absolute Gasteiger partial charge is 0.311 e. The molecular weight excluding hydrogens is 332 g/mol. The van der Waals surface area contributed by atoms with E-state index in [0.717, 1.165) is 29.1 Å². The number of nitrogens with one attached hydrogen (secondary N) is 1. The van der Waals surface area contributed by atoms with Gasteiger partial charge in [0.2, 0.25) is 0 Å². The first-order valence-electron chi connectivity index (χ1n) is 6.20. The van der Waals surface area contributed by atoms with Gasteiger partial charge in [0.15, 0.2) is 0 Å². The average molecular weight is 350 g/mol. The normalized spacial score (nSPS) is 17.0. The molecule has 0 aromatic heterocycles. The Bertz CT molecular complexity index is 383. The van der Waals surface area contributed by atoms with Gasteiger partial charge in [-0.3, -0.25) is 0 Å². The van der Waals surface area contributed by atoms with Crippen molar-refractivity contribution in [1.29, 1.82) is 0 Å². The summed E-state index contributed by atoms with van der Waals surface area (Å²) in [6, 6.07) is 5.91. The highest BCUT2D eigenvalue weighted by atomic mass is 79.9. The predicted molar refractivity (Wildman–Crippen MR) is 84.6 cm³/mol. The first kappa shape index (κ1) is 14.7. The van der Waals surface area contributed by atoms with Gasteiger partial charge < -0.3 is 10.2 Å². The second kappa shape index (κ2) is 7.75. The number of rotatable bonds is 5. The van der Waals surface area contributed by atoms with E-state index in [2.05, 4.69) is 37.9 Å². The zero-order chi connectivity index (χ0) is 12.8. The summed E-state index contributed by atoms with van der Waals surface area (Å²) in [6.45, 7) is 5.49. The van der Waals surface area contributed by atoms with Gasteiger partial charge in [0, 0.05) is 53.7 Å². The molecule has 0 atom stereocenters. The summed E-state index contributed by atoms with van der Waals surface area (Å²) < 4.78 is 1.12. The molecule has 1 aromatic carbocycles. The lowest BCUT2D eigenvalue weighted by Crippen LogP contribution is -2.37. The summed E-state index contributed by atoms with van der Waals surface area (Å²) in [4.78, 5) is 2.52. The molecule has 100 valence electrons. The molecule has 1 saturated heterocycles. The van der Waals surface area contributed by atoms with E-state index in [1.807, 2.05) is 18.2 Å². The smallest absolute Gasteiger partial charge is 0.0410 e. The molecule has 1 heterocycles. The Morgan fingerprint density at radius 3 is 2.89 bits per heavy atom. The van der Waals surface area contributed by atoms with Gasteiger partial charge in [-0.15, -0.1) is 0 Å².